The molecule has 2 amide bonds. The largest absolute Gasteiger partial charge is 0.337 e. The van der Waals surface area contributed by atoms with Crippen LogP contribution in [0.25, 0.3) is 0 Å². The molecule has 1 aliphatic carbocycles. The number of nitrogens with zero attached hydrogens (tertiary/aromatic N) is 4. The maximum absolute atomic E-state index is 12.9. The van der Waals surface area contributed by atoms with Gasteiger partial charge in [0.05, 0.1) is 0 Å². The summed E-state index contributed by atoms with van der Waals surface area (Å²) in [6, 6.07) is 2.03. The number of nitrogens with one attached hydrogen (secondary N) is 1. The van der Waals surface area contributed by atoms with Gasteiger partial charge in [-0.3, -0.25) is 14.7 Å². The molecule has 7 nitrogen and oxygen atoms in total. The smallest absolute Gasteiger partial charge is 0.274 e. The number of aromatic nitrogens is 2. The fourth-order valence-electron chi connectivity index (χ4n) is 4.63. The number of aromatic amines is 1. The first-order valence-electron chi connectivity index (χ1n) is 11.0. The molecular weight excluding hydrogens is 354 g/mol. The number of amides is 2. The van der Waals surface area contributed by atoms with Crippen molar-refractivity contribution in [2.24, 2.45) is 0 Å². The quantitative estimate of drug-likeness (QED) is 0.812. The Bertz CT molecular complexity index is 693. The third kappa shape index (κ3) is 4.57. The first-order valence-corrected chi connectivity index (χ1v) is 11.0. The number of piperidine rings is 2. The fourth-order valence-corrected chi connectivity index (χ4v) is 4.63. The molecule has 1 aromatic heterocycles. The van der Waals surface area contributed by atoms with Gasteiger partial charge < -0.3 is 14.7 Å². The first kappa shape index (κ1) is 19.4. The van der Waals surface area contributed by atoms with Gasteiger partial charge in [-0.15, -0.1) is 0 Å². The second-order valence-corrected chi connectivity index (χ2v) is 8.64. The van der Waals surface area contributed by atoms with Crippen molar-refractivity contribution < 1.29 is 9.59 Å². The average Bonchev–Trinajstić information content (AvgIpc) is 3.45. The van der Waals surface area contributed by atoms with Gasteiger partial charge in [0.25, 0.3) is 5.91 Å². The Kier molecular flexibility index (Phi) is 5.99. The van der Waals surface area contributed by atoms with Crippen LogP contribution in [0.2, 0.25) is 0 Å². The normalized spacial score (nSPS) is 23.6. The summed E-state index contributed by atoms with van der Waals surface area (Å²) in [6.07, 6.45) is 8.12. The Labute approximate surface area is 167 Å². The molecule has 1 aromatic rings. The van der Waals surface area contributed by atoms with Gasteiger partial charge in [-0.2, -0.15) is 5.10 Å². The minimum atomic E-state index is -0.00705. The van der Waals surface area contributed by atoms with Crippen molar-refractivity contribution in [1.29, 1.82) is 0 Å². The summed E-state index contributed by atoms with van der Waals surface area (Å²) < 4.78 is 0. The van der Waals surface area contributed by atoms with Gasteiger partial charge in [0, 0.05) is 50.8 Å². The van der Waals surface area contributed by atoms with Crippen molar-refractivity contribution in [2.75, 3.05) is 39.3 Å². The van der Waals surface area contributed by atoms with Gasteiger partial charge in [0.1, 0.15) is 5.69 Å². The number of hydrogen-bond donors (Lipinski definition) is 1. The van der Waals surface area contributed by atoms with Crippen molar-refractivity contribution >= 4 is 11.8 Å². The average molecular weight is 388 g/mol. The van der Waals surface area contributed by atoms with E-state index < -0.39 is 0 Å². The number of H-pyrrole nitrogens is 1. The van der Waals surface area contributed by atoms with Crippen LogP contribution in [-0.4, -0.2) is 82.0 Å². The molecule has 3 heterocycles. The van der Waals surface area contributed by atoms with Crippen LogP contribution in [0, 0.1) is 0 Å². The van der Waals surface area contributed by atoms with E-state index in [1.54, 1.807) is 6.92 Å². The minimum Gasteiger partial charge on any atom is -0.337 e. The summed E-state index contributed by atoms with van der Waals surface area (Å²) in [5.41, 5.74) is 1.61. The van der Waals surface area contributed by atoms with Crippen LogP contribution in [0.1, 0.15) is 74.0 Å². The van der Waals surface area contributed by atoms with E-state index >= 15 is 0 Å². The summed E-state index contributed by atoms with van der Waals surface area (Å²) in [5.74, 6) is 0.672. The van der Waals surface area contributed by atoms with E-state index in [4.69, 9.17) is 0 Å². The van der Waals surface area contributed by atoms with Crippen LogP contribution in [-0.2, 0) is 4.79 Å². The van der Waals surface area contributed by atoms with E-state index in [9.17, 15) is 9.59 Å². The van der Waals surface area contributed by atoms with Crippen LogP contribution in [0.15, 0.2) is 6.07 Å². The van der Waals surface area contributed by atoms with Gasteiger partial charge >= 0.3 is 0 Å². The van der Waals surface area contributed by atoms with Crippen LogP contribution in [0.4, 0.5) is 0 Å². The molecule has 0 radical (unpaired) electrons. The van der Waals surface area contributed by atoms with Crippen LogP contribution in [0.3, 0.4) is 0 Å². The van der Waals surface area contributed by atoms with E-state index in [-0.39, 0.29) is 17.9 Å². The summed E-state index contributed by atoms with van der Waals surface area (Å²) in [4.78, 5) is 31.6. The molecule has 1 atom stereocenters. The highest BCUT2D eigenvalue weighted by Gasteiger charge is 2.32. The summed E-state index contributed by atoms with van der Waals surface area (Å²) in [5, 5.41) is 7.28. The molecule has 7 heteroatoms. The first-order chi connectivity index (χ1) is 13.6. The van der Waals surface area contributed by atoms with Crippen LogP contribution < -0.4 is 0 Å². The summed E-state index contributed by atoms with van der Waals surface area (Å²) >= 11 is 0. The highest BCUT2D eigenvalue weighted by atomic mass is 16.2. The predicted molar refractivity (Wildman–Crippen MR) is 107 cm³/mol. The molecule has 2 aliphatic heterocycles. The van der Waals surface area contributed by atoms with Crippen molar-refractivity contribution in [3.05, 3.63) is 17.5 Å². The number of carbonyl (C=O) groups excluding carboxylic acids is 2. The van der Waals surface area contributed by atoms with Crippen LogP contribution in [0.5, 0.6) is 0 Å². The Morgan fingerprint density at radius 1 is 1.14 bits per heavy atom. The Balaban J connectivity index is 1.35. The molecule has 1 unspecified atom stereocenters. The lowest BCUT2D eigenvalue weighted by atomic mass is 10.0. The molecule has 1 N–H and O–H groups in total. The minimum absolute atomic E-state index is 0.00705. The monoisotopic (exact) mass is 387 g/mol. The zero-order valence-corrected chi connectivity index (χ0v) is 17.0. The van der Waals surface area contributed by atoms with E-state index in [0.29, 0.717) is 18.2 Å². The summed E-state index contributed by atoms with van der Waals surface area (Å²) in [7, 11) is 0. The molecule has 0 aromatic carbocycles. The second-order valence-electron chi connectivity index (χ2n) is 8.64. The number of carbonyl (C=O) groups is 2. The summed E-state index contributed by atoms with van der Waals surface area (Å²) in [6.45, 7) is 7.01. The van der Waals surface area contributed by atoms with Gasteiger partial charge in [0.2, 0.25) is 5.91 Å². The molecule has 2 saturated heterocycles. The van der Waals surface area contributed by atoms with E-state index in [1.165, 1.54) is 32.1 Å². The van der Waals surface area contributed by atoms with Gasteiger partial charge in [0.15, 0.2) is 0 Å². The highest BCUT2D eigenvalue weighted by Crippen LogP contribution is 2.39. The van der Waals surface area contributed by atoms with Crippen molar-refractivity contribution in [3.63, 3.8) is 0 Å². The zero-order chi connectivity index (χ0) is 19.5. The van der Waals surface area contributed by atoms with Gasteiger partial charge in [-0.25, -0.2) is 0 Å². The third-order valence-electron chi connectivity index (χ3n) is 6.47. The van der Waals surface area contributed by atoms with Crippen molar-refractivity contribution in [2.45, 2.75) is 63.8 Å². The van der Waals surface area contributed by atoms with Gasteiger partial charge in [-0.05, 0) is 57.7 Å². The fraction of sp³-hybridized carbons (Fsp3) is 0.762. The van der Waals surface area contributed by atoms with Gasteiger partial charge in [-0.1, -0.05) is 6.42 Å². The lowest BCUT2D eigenvalue weighted by Gasteiger charge is -2.40. The molecule has 3 aliphatic rings. The van der Waals surface area contributed by atoms with Crippen molar-refractivity contribution in [3.8, 4) is 0 Å². The topological polar surface area (TPSA) is 72.5 Å². The lowest BCUT2D eigenvalue weighted by Crippen LogP contribution is -2.53. The van der Waals surface area contributed by atoms with E-state index in [2.05, 4.69) is 15.1 Å². The van der Waals surface area contributed by atoms with Crippen molar-refractivity contribution in [1.82, 2.24) is 24.9 Å². The lowest BCUT2D eigenvalue weighted by molar-refractivity contribution is -0.132. The maximum Gasteiger partial charge on any atom is 0.274 e. The molecule has 0 spiro atoms. The molecule has 0 bridgehead atoms. The number of hydrogen-bond acceptors (Lipinski definition) is 4. The third-order valence-corrected chi connectivity index (χ3v) is 6.47. The standard InChI is InChI=1S/C21H33N5O2/c1-16(27)26(13-12-24-9-3-2-4-10-24)18-6-5-11-25(15-18)21(28)20-14-19(22-23-20)17-7-8-17/h14,17-18H,2-13,15H2,1H3,(H,22,23). The molecular formula is C21H33N5O2. The molecule has 1 saturated carbocycles. The predicted octanol–water partition coefficient (Wildman–Crippen LogP) is 2.23. The second kappa shape index (κ2) is 8.64. The van der Waals surface area contributed by atoms with E-state index in [0.717, 1.165) is 51.3 Å². The SMILES string of the molecule is CC(=O)N(CCN1CCCCC1)C1CCCN(C(=O)c2cc(C3CC3)[nH]n2)C1. The molecule has 154 valence electrons. The number of likely N-dealkylation sites (tertiary alicyclic amines) is 2. The molecule has 28 heavy (non-hydrogen) atoms. The van der Waals surface area contributed by atoms with Crippen LogP contribution >= 0.6 is 0 Å². The Morgan fingerprint density at radius 2 is 1.93 bits per heavy atom. The Morgan fingerprint density at radius 3 is 2.64 bits per heavy atom. The number of rotatable bonds is 6. The zero-order valence-electron chi connectivity index (χ0n) is 17.0. The van der Waals surface area contributed by atoms with E-state index in [1.807, 2.05) is 15.9 Å². The Hall–Kier alpha value is -1.89. The molecule has 4 rings (SSSR count). The highest BCUT2D eigenvalue weighted by molar-refractivity contribution is 5.92. The molecule has 3 fully saturated rings. The maximum atomic E-state index is 12.9.